The molecule has 0 aliphatic heterocycles. The molecule has 47 heavy (non-hydrogen) atoms. The maximum Gasteiger partial charge on any atom is 0.224 e. The number of unbranched alkanes of at least 4 members (excludes halogenated alkanes) is 3. The van der Waals surface area contributed by atoms with Crippen LogP contribution in [-0.4, -0.2) is 141 Å². The molecule has 0 unspecified atom stereocenters. The van der Waals surface area contributed by atoms with Crippen LogP contribution in [0, 0.1) is 5.92 Å². The van der Waals surface area contributed by atoms with E-state index in [1.165, 1.54) is 0 Å². The van der Waals surface area contributed by atoms with Crippen LogP contribution in [0.5, 0.6) is 0 Å². The molecule has 0 aromatic rings. The Morgan fingerprint density at radius 2 is 0.936 bits per heavy atom. The molecular weight excluding hydrogens is 604 g/mol. The lowest BCUT2D eigenvalue weighted by molar-refractivity contribution is -0.134. The van der Waals surface area contributed by atoms with Crippen LogP contribution in [-0.2, 0) is 19.2 Å². The third-order valence-corrected chi connectivity index (χ3v) is 7.16. The highest BCUT2D eigenvalue weighted by Gasteiger charge is 2.28. The first-order valence-corrected chi connectivity index (χ1v) is 17.5. The van der Waals surface area contributed by atoms with Gasteiger partial charge >= 0.3 is 0 Å². The Hall–Kier alpha value is -2.28. The molecule has 0 aliphatic rings. The van der Waals surface area contributed by atoms with E-state index in [1.807, 2.05) is 0 Å². The lowest BCUT2D eigenvalue weighted by Crippen LogP contribution is -2.41. The van der Waals surface area contributed by atoms with Crippen molar-refractivity contribution in [2.24, 2.45) is 17.4 Å². The van der Waals surface area contributed by atoms with Gasteiger partial charge in [0.05, 0.1) is 18.4 Å². The van der Waals surface area contributed by atoms with Gasteiger partial charge < -0.3 is 59.3 Å². The summed E-state index contributed by atoms with van der Waals surface area (Å²) in [5.41, 5.74) is 19.1. The molecule has 0 saturated carbocycles. The molecule has 0 spiro atoms. The van der Waals surface area contributed by atoms with Crippen molar-refractivity contribution in [3.63, 3.8) is 0 Å². The van der Waals surface area contributed by atoms with Gasteiger partial charge in [-0.3, -0.25) is 19.2 Å². The van der Waals surface area contributed by atoms with Crippen molar-refractivity contribution in [1.29, 1.82) is 0 Å². The van der Waals surface area contributed by atoms with Gasteiger partial charge in [-0.1, -0.05) is 26.2 Å². The van der Waals surface area contributed by atoms with E-state index in [0.717, 1.165) is 91.1 Å². The second-order valence-electron chi connectivity index (χ2n) is 11.5. The molecule has 0 bridgehead atoms. The molecule has 0 aromatic carbocycles. The van der Waals surface area contributed by atoms with Crippen molar-refractivity contribution in [3.8, 4) is 0 Å². The number of rotatable bonds is 35. The Balaban J connectivity index is 4.46. The fourth-order valence-corrected chi connectivity index (χ4v) is 4.46. The fourth-order valence-electron chi connectivity index (χ4n) is 4.46. The standard InChI is InChI=1S/C31H67N12O4/c1-2-3-4-5-8-43-31(47)26(24-29(45)41-21-19-39-17-15-37-13-11-35-9-6-32)23-28(44)27(34)25-30(46)42-22-20-40-18-16-38-14-12-36-10-7-33/h26-27,34-40H,2-25,32-33H2,1H3,(H,41,45)(H,42,46)(H,43,47)/t26-,27+/m0/s1. The summed E-state index contributed by atoms with van der Waals surface area (Å²) < 4.78 is 0. The van der Waals surface area contributed by atoms with Gasteiger partial charge in [-0.05, 0) is 6.42 Å². The summed E-state index contributed by atoms with van der Waals surface area (Å²) in [5, 5.41) is 27.8. The van der Waals surface area contributed by atoms with E-state index in [9.17, 15) is 19.2 Å². The molecular formula is C31H67N12O4. The number of carbonyl (C=O) groups is 4. The van der Waals surface area contributed by atoms with Gasteiger partial charge in [0.15, 0.2) is 5.78 Å². The Kier molecular flexibility index (Phi) is 32.0. The van der Waals surface area contributed by atoms with Crippen LogP contribution in [0.3, 0.4) is 0 Å². The van der Waals surface area contributed by atoms with Crippen molar-refractivity contribution in [1.82, 2.24) is 53.6 Å². The average molecular weight is 672 g/mol. The van der Waals surface area contributed by atoms with E-state index in [0.29, 0.717) is 45.8 Å². The second-order valence-corrected chi connectivity index (χ2v) is 11.5. The SMILES string of the molecule is CCCCCCNC(=O)[C@H](CC(=O)NCCNCCNCCNCCN)CC(=O)[C@H]([NH])CC(=O)NCCNCCNCCNCCN. The van der Waals surface area contributed by atoms with Gasteiger partial charge in [-0.15, -0.1) is 0 Å². The summed E-state index contributed by atoms with van der Waals surface area (Å²) in [4.78, 5) is 50.8. The first-order valence-electron chi connectivity index (χ1n) is 17.5. The van der Waals surface area contributed by atoms with E-state index in [-0.39, 0.29) is 31.1 Å². The lowest BCUT2D eigenvalue weighted by atomic mass is 9.93. The second kappa shape index (κ2) is 33.6. The smallest absolute Gasteiger partial charge is 0.224 e. The Morgan fingerprint density at radius 3 is 1.38 bits per heavy atom. The number of amides is 3. The van der Waals surface area contributed by atoms with Crippen LogP contribution in [0.2, 0.25) is 0 Å². The minimum absolute atomic E-state index is 0.159. The van der Waals surface area contributed by atoms with Gasteiger partial charge in [0, 0.05) is 124 Å². The number of nitrogens with one attached hydrogen (secondary N) is 10. The molecule has 3 amide bonds. The molecule has 0 rings (SSSR count). The first-order chi connectivity index (χ1) is 22.8. The molecule has 0 aliphatic carbocycles. The molecule has 14 N–H and O–H groups in total. The zero-order valence-electron chi connectivity index (χ0n) is 28.9. The Labute approximate surface area is 282 Å². The van der Waals surface area contributed by atoms with Crippen LogP contribution in [0.25, 0.3) is 0 Å². The number of hydrogen-bond acceptors (Lipinski definition) is 12. The predicted molar refractivity (Wildman–Crippen MR) is 188 cm³/mol. The first kappa shape index (κ1) is 44.7. The normalized spacial score (nSPS) is 12.4. The van der Waals surface area contributed by atoms with Gasteiger partial charge in [0.2, 0.25) is 17.7 Å². The predicted octanol–water partition coefficient (Wildman–Crippen LogP) is -3.62. The number of carbonyl (C=O) groups excluding carboxylic acids is 4. The topological polar surface area (TPSA) is 252 Å². The summed E-state index contributed by atoms with van der Waals surface area (Å²) in [6, 6.07) is -1.31. The van der Waals surface area contributed by atoms with Gasteiger partial charge in [0.1, 0.15) is 0 Å². The molecule has 0 fully saturated rings. The van der Waals surface area contributed by atoms with Gasteiger partial charge in [0.25, 0.3) is 0 Å². The quantitative estimate of drug-likeness (QED) is 0.0292. The van der Waals surface area contributed by atoms with Gasteiger partial charge in [-0.25, -0.2) is 5.73 Å². The van der Waals surface area contributed by atoms with Crippen molar-refractivity contribution >= 4 is 23.5 Å². The van der Waals surface area contributed by atoms with Crippen LogP contribution in [0.1, 0.15) is 51.9 Å². The van der Waals surface area contributed by atoms with E-state index in [4.69, 9.17) is 17.2 Å². The summed E-state index contributed by atoms with van der Waals surface area (Å²) in [6.07, 6.45) is 3.22. The zero-order chi connectivity index (χ0) is 34.8. The van der Waals surface area contributed by atoms with Crippen molar-refractivity contribution in [3.05, 3.63) is 0 Å². The number of ketones is 1. The van der Waals surface area contributed by atoms with Crippen molar-refractivity contribution < 1.29 is 19.2 Å². The molecule has 16 nitrogen and oxygen atoms in total. The minimum Gasteiger partial charge on any atom is -0.356 e. The highest BCUT2D eigenvalue weighted by Crippen LogP contribution is 2.13. The van der Waals surface area contributed by atoms with E-state index < -0.39 is 23.7 Å². The third kappa shape index (κ3) is 29.6. The fraction of sp³-hybridized carbons (Fsp3) is 0.871. The van der Waals surface area contributed by atoms with Crippen LogP contribution >= 0.6 is 0 Å². The van der Waals surface area contributed by atoms with Crippen LogP contribution in [0.4, 0.5) is 0 Å². The number of nitrogens with two attached hydrogens (primary N) is 2. The van der Waals surface area contributed by atoms with E-state index >= 15 is 0 Å². The summed E-state index contributed by atoms with van der Waals surface area (Å²) >= 11 is 0. The lowest BCUT2D eigenvalue weighted by Gasteiger charge is -2.18. The summed E-state index contributed by atoms with van der Waals surface area (Å²) in [5.74, 6) is -2.54. The zero-order valence-corrected chi connectivity index (χ0v) is 28.9. The van der Waals surface area contributed by atoms with Crippen LogP contribution in [0.15, 0.2) is 0 Å². The Morgan fingerprint density at radius 1 is 0.511 bits per heavy atom. The molecule has 1 radical (unpaired) electrons. The Bertz CT molecular complexity index is 794. The third-order valence-electron chi connectivity index (χ3n) is 7.16. The largest absolute Gasteiger partial charge is 0.356 e. The van der Waals surface area contributed by atoms with Gasteiger partial charge in [-0.2, -0.15) is 0 Å². The summed E-state index contributed by atoms with van der Waals surface area (Å²) in [6.45, 7) is 13.7. The molecule has 0 saturated heterocycles. The molecule has 0 aromatic heterocycles. The number of hydrogen-bond donors (Lipinski definition) is 11. The summed E-state index contributed by atoms with van der Waals surface area (Å²) in [7, 11) is 0. The highest BCUT2D eigenvalue weighted by molar-refractivity contribution is 5.94. The van der Waals surface area contributed by atoms with E-state index in [2.05, 4.69) is 54.8 Å². The molecule has 16 heteroatoms. The number of Topliss-reactive ketones (excluding diaryl/α,β-unsaturated/α-hetero) is 1. The van der Waals surface area contributed by atoms with Crippen LogP contribution < -0.4 is 65.1 Å². The monoisotopic (exact) mass is 672 g/mol. The maximum atomic E-state index is 12.9. The minimum atomic E-state index is -1.31. The van der Waals surface area contributed by atoms with Crippen molar-refractivity contribution in [2.75, 3.05) is 111 Å². The maximum absolute atomic E-state index is 12.9. The average Bonchev–Trinajstić information content (AvgIpc) is 3.05. The van der Waals surface area contributed by atoms with Crippen molar-refractivity contribution in [2.45, 2.75) is 57.9 Å². The molecule has 2 atom stereocenters. The molecule has 275 valence electrons. The highest BCUT2D eigenvalue weighted by atomic mass is 16.2. The molecule has 0 heterocycles. The van der Waals surface area contributed by atoms with E-state index in [1.54, 1.807) is 0 Å².